The Morgan fingerprint density at radius 3 is 2.52 bits per heavy atom. The molecule has 1 N–H and O–H groups in total. The molecule has 0 spiro atoms. The largest absolute Gasteiger partial charge is 0.340 e. The zero-order valence-electron chi connectivity index (χ0n) is 22.4. The molecule has 0 bridgehead atoms. The van der Waals surface area contributed by atoms with E-state index in [9.17, 15) is 14.4 Å². The number of amides is 2. The minimum atomic E-state index is -0.700. The molecule has 2 aromatic heterocycles. The zero-order valence-corrected chi connectivity index (χ0v) is 22.4. The minimum absolute atomic E-state index is 0.0135. The molecule has 0 radical (unpaired) electrons. The SMILES string of the molecule is CC(C)N1C(=O)[C@@H](NC(=O)CCn2c3c(c4ccccc42)CCn2c-3nc3ccccc3c2=O)c2ccccc21. The van der Waals surface area contributed by atoms with Gasteiger partial charge in [-0.1, -0.05) is 48.5 Å². The molecule has 7 rings (SSSR count). The Bertz CT molecular complexity index is 1900. The van der Waals surface area contributed by atoms with Gasteiger partial charge in [-0.3, -0.25) is 19.0 Å². The molecule has 0 aliphatic carbocycles. The van der Waals surface area contributed by atoms with Crippen LogP contribution in [0, 0.1) is 0 Å². The second-order valence-electron chi connectivity index (χ2n) is 10.8. The van der Waals surface area contributed by atoms with Gasteiger partial charge in [-0.25, -0.2) is 4.98 Å². The first-order valence-corrected chi connectivity index (χ1v) is 13.8. The van der Waals surface area contributed by atoms with Crippen LogP contribution < -0.4 is 15.8 Å². The van der Waals surface area contributed by atoms with Gasteiger partial charge in [-0.2, -0.15) is 0 Å². The Hall–Kier alpha value is -4.72. The van der Waals surface area contributed by atoms with E-state index in [4.69, 9.17) is 4.98 Å². The molecule has 2 aliphatic rings. The molecule has 5 aromatic rings. The zero-order chi connectivity index (χ0) is 27.5. The summed E-state index contributed by atoms with van der Waals surface area (Å²) in [6.07, 6.45) is 0.886. The van der Waals surface area contributed by atoms with E-state index >= 15 is 0 Å². The van der Waals surface area contributed by atoms with Gasteiger partial charge in [0.05, 0.1) is 16.6 Å². The molecule has 8 heteroatoms. The van der Waals surface area contributed by atoms with Crippen LogP contribution in [-0.4, -0.2) is 32.0 Å². The molecule has 4 heterocycles. The number of fused-ring (bicyclic) bond motifs is 7. The third-order valence-corrected chi connectivity index (χ3v) is 8.11. The normalized spacial score (nSPS) is 15.9. The van der Waals surface area contributed by atoms with Crippen LogP contribution >= 0.6 is 0 Å². The fraction of sp³-hybridized carbons (Fsp3) is 0.250. The highest BCUT2D eigenvalue weighted by Gasteiger charge is 2.39. The van der Waals surface area contributed by atoms with Crippen LogP contribution in [0.25, 0.3) is 33.3 Å². The maximum Gasteiger partial charge on any atom is 0.261 e. The second-order valence-corrected chi connectivity index (χ2v) is 10.8. The Balaban J connectivity index is 1.24. The molecule has 8 nitrogen and oxygen atoms in total. The van der Waals surface area contributed by atoms with Crippen molar-refractivity contribution >= 4 is 39.3 Å². The molecule has 0 fully saturated rings. The topological polar surface area (TPSA) is 89.2 Å². The van der Waals surface area contributed by atoms with Crippen molar-refractivity contribution < 1.29 is 9.59 Å². The Labute approximate surface area is 230 Å². The number of hydrogen-bond acceptors (Lipinski definition) is 4. The van der Waals surface area contributed by atoms with Gasteiger partial charge < -0.3 is 14.8 Å². The molecular formula is C32H29N5O3. The van der Waals surface area contributed by atoms with Crippen molar-refractivity contribution in [2.24, 2.45) is 0 Å². The number of aryl methyl sites for hydroxylation is 2. The molecule has 1 atom stereocenters. The first kappa shape index (κ1) is 24.3. The van der Waals surface area contributed by atoms with Crippen molar-refractivity contribution in [3.8, 4) is 11.5 Å². The molecule has 2 amide bonds. The summed E-state index contributed by atoms with van der Waals surface area (Å²) in [5, 5.41) is 4.71. The maximum absolute atomic E-state index is 13.4. The average molecular weight is 532 g/mol. The van der Waals surface area contributed by atoms with E-state index in [1.165, 1.54) is 0 Å². The summed E-state index contributed by atoms with van der Waals surface area (Å²) in [7, 11) is 0. The quantitative estimate of drug-likeness (QED) is 0.360. The predicted octanol–water partition coefficient (Wildman–Crippen LogP) is 4.58. The fourth-order valence-corrected chi connectivity index (χ4v) is 6.36. The molecule has 200 valence electrons. The van der Waals surface area contributed by atoms with Crippen LogP contribution in [0.15, 0.2) is 77.6 Å². The minimum Gasteiger partial charge on any atom is -0.340 e. The van der Waals surface area contributed by atoms with E-state index in [-0.39, 0.29) is 29.8 Å². The summed E-state index contributed by atoms with van der Waals surface area (Å²) in [6.45, 7) is 4.89. The molecular weight excluding hydrogens is 502 g/mol. The number of carbonyl (C=O) groups excluding carboxylic acids is 2. The lowest BCUT2D eigenvalue weighted by Gasteiger charge is -2.22. The average Bonchev–Trinajstić information content (AvgIpc) is 3.44. The lowest BCUT2D eigenvalue weighted by atomic mass is 10.0. The Morgan fingerprint density at radius 2 is 1.70 bits per heavy atom. The van der Waals surface area contributed by atoms with Gasteiger partial charge in [-0.15, -0.1) is 0 Å². The van der Waals surface area contributed by atoms with Crippen LogP contribution in [0.1, 0.15) is 37.4 Å². The first-order valence-electron chi connectivity index (χ1n) is 13.8. The smallest absolute Gasteiger partial charge is 0.261 e. The van der Waals surface area contributed by atoms with Crippen LogP contribution in [-0.2, 0) is 29.1 Å². The van der Waals surface area contributed by atoms with Crippen molar-refractivity contribution in [2.75, 3.05) is 4.90 Å². The molecule has 0 saturated carbocycles. The first-order chi connectivity index (χ1) is 19.4. The van der Waals surface area contributed by atoms with Crippen LogP contribution in [0.4, 0.5) is 5.69 Å². The summed E-state index contributed by atoms with van der Waals surface area (Å²) in [5.41, 5.74) is 5.32. The van der Waals surface area contributed by atoms with Gasteiger partial charge in [0.2, 0.25) is 5.91 Å². The highest BCUT2D eigenvalue weighted by atomic mass is 16.2. The lowest BCUT2D eigenvalue weighted by Crippen LogP contribution is -2.40. The highest BCUT2D eigenvalue weighted by Crippen LogP contribution is 2.38. The molecule has 3 aromatic carbocycles. The van der Waals surface area contributed by atoms with Gasteiger partial charge in [-0.05, 0) is 50.1 Å². The van der Waals surface area contributed by atoms with Crippen LogP contribution in [0.2, 0.25) is 0 Å². The third-order valence-electron chi connectivity index (χ3n) is 8.11. The summed E-state index contributed by atoms with van der Waals surface area (Å²) in [4.78, 5) is 46.7. The number of rotatable bonds is 5. The van der Waals surface area contributed by atoms with Gasteiger partial charge >= 0.3 is 0 Å². The third kappa shape index (κ3) is 3.59. The highest BCUT2D eigenvalue weighted by molar-refractivity contribution is 6.06. The van der Waals surface area contributed by atoms with Gasteiger partial charge in [0, 0.05) is 47.7 Å². The number of carbonyl (C=O) groups is 2. The van der Waals surface area contributed by atoms with Crippen molar-refractivity contribution in [1.29, 1.82) is 0 Å². The number of hydrogen-bond donors (Lipinski definition) is 1. The summed E-state index contributed by atoms with van der Waals surface area (Å²) < 4.78 is 3.87. The number of anilines is 1. The number of benzene rings is 3. The van der Waals surface area contributed by atoms with E-state index in [1.54, 1.807) is 9.47 Å². The number of para-hydroxylation sites is 3. The van der Waals surface area contributed by atoms with Crippen LogP contribution in [0.3, 0.4) is 0 Å². The van der Waals surface area contributed by atoms with Gasteiger partial charge in [0.15, 0.2) is 5.82 Å². The van der Waals surface area contributed by atoms with E-state index in [0.717, 1.165) is 33.4 Å². The standard InChI is InChI=1S/C32H29N5O3/c1-19(2)37-26-14-8-5-11-23(26)28(32(37)40)34-27(38)16-18-35-25-13-7-4-9-20(25)21-15-17-36-30(29(21)35)33-24-12-6-3-10-22(24)31(36)39/h3-14,19,28H,15-18H2,1-2H3,(H,34,38)/t28-/m0/s1. The second kappa shape index (κ2) is 9.19. The molecule has 0 saturated heterocycles. The van der Waals surface area contributed by atoms with E-state index in [1.807, 2.05) is 80.6 Å². The van der Waals surface area contributed by atoms with Crippen molar-refractivity contribution in [1.82, 2.24) is 19.4 Å². The van der Waals surface area contributed by atoms with E-state index in [0.29, 0.717) is 36.2 Å². The maximum atomic E-state index is 13.4. The van der Waals surface area contributed by atoms with E-state index < -0.39 is 6.04 Å². The molecule has 0 unspecified atom stereocenters. The molecule has 40 heavy (non-hydrogen) atoms. The summed E-state index contributed by atoms with van der Waals surface area (Å²) >= 11 is 0. The number of aromatic nitrogens is 3. The number of nitrogens with one attached hydrogen (secondary N) is 1. The number of nitrogens with zero attached hydrogens (tertiary/aromatic N) is 4. The lowest BCUT2D eigenvalue weighted by molar-refractivity contribution is -0.127. The van der Waals surface area contributed by atoms with E-state index in [2.05, 4.69) is 16.0 Å². The predicted molar refractivity (Wildman–Crippen MR) is 155 cm³/mol. The monoisotopic (exact) mass is 531 g/mol. The van der Waals surface area contributed by atoms with Crippen LogP contribution in [0.5, 0.6) is 0 Å². The van der Waals surface area contributed by atoms with Gasteiger partial charge in [0.1, 0.15) is 6.04 Å². The Morgan fingerprint density at radius 1 is 0.975 bits per heavy atom. The van der Waals surface area contributed by atoms with Crippen molar-refractivity contribution in [2.45, 2.75) is 51.9 Å². The van der Waals surface area contributed by atoms with Crippen molar-refractivity contribution in [3.63, 3.8) is 0 Å². The Kier molecular flexibility index (Phi) is 5.59. The fourth-order valence-electron chi connectivity index (χ4n) is 6.36. The molecule has 2 aliphatic heterocycles. The summed E-state index contributed by atoms with van der Waals surface area (Å²) in [6, 6.07) is 22.5. The van der Waals surface area contributed by atoms with Gasteiger partial charge in [0.25, 0.3) is 11.5 Å². The summed E-state index contributed by atoms with van der Waals surface area (Å²) in [5.74, 6) is 0.316. The van der Waals surface area contributed by atoms with Crippen molar-refractivity contribution in [3.05, 3.63) is 94.3 Å².